The van der Waals surface area contributed by atoms with Crippen LogP contribution in [-0.4, -0.2) is 55.8 Å². The molecule has 192 valence electrons. The van der Waals surface area contributed by atoms with E-state index in [-0.39, 0.29) is 32.3 Å². The monoisotopic (exact) mass is 496 g/mol. The Bertz CT molecular complexity index is 1010. The number of nitrogens with one attached hydrogen (secondary N) is 2. The first-order valence-corrected chi connectivity index (χ1v) is 11.8. The molecule has 3 rings (SSSR count). The van der Waals surface area contributed by atoms with Crippen molar-refractivity contribution in [3.05, 3.63) is 73.9 Å². The lowest BCUT2D eigenvalue weighted by molar-refractivity contribution is -0.145. The number of carbonyl (C=O) groups excluding carboxylic acids is 4. The van der Waals surface area contributed by atoms with E-state index < -0.39 is 47.2 Å². The van der Waals surface area contributed by atoms with Crippen LogP contribution in [0.2, 0.25) is 0 Å². The molecule has 2 saturated carbocycles. The van der Waals surface area contributed by atoms with Crippen LogP contribution in [0.4, 0.5) is 4.79 Å². The lowest BCUT2D eigenvalue weighted by atomic mass is 9.88. The second-order valence-corrected chi connectivity index (χ2v) is 8.75. The van der Waals surface area contributed by atoms with Crippen LogP contribution >= 0.6 is 0 Å². The molecule has 0 aromatic heterocycles. The van der Waals surface area contributed by atoms with Crippen LogP contribution < -0.4 is 10.6 Å². The highest BCUT2D eigenvalue weighted by Crippen LogP contribution is 2.62. The molecule has 2 fully saturated rings. The molecule has 2 N–H and O–H groups in total. The molecular formula is C27H32N2O7. The van der Waals surface area contributed by atoms with Crippen molar-refractivity contribution in [2.45, 2.75) is 24.3 Å². The normalized spacial score (nSPS) is 24.3. The molecule has 36 heavy (non-hydrogen) atoms. The van der Waals surface area contributed by atoms with Crippen LogP contribution in [-0.2, 0) is 28.6 Å². The third-order valence-corrected chi connectivity index (χ3v) is 6.58. The van der Waals surface area contributed by atoms with Gasteiger partial charge in [-0.25, -0.2) is 4.79 Å². The van der Waals surface area contributed by atoms with Crippen molar-refractivity contribution in [2.75, 3.05) is 26.4 Å². The molecule has 2 aliphatic rings. The minimum absolute atomic E-state index is 0.0341. The fourth-order valence-electron chi connectivity index (χ4n) is 4.96. The molecule has 0 heterocycles. The van der Waals surface area contributed by atoms with E-state index in [2.05, 4.69) is 30.4 Å². The molecule has 0 spiro atoms. The van der Waals surface area contributed by atoms with Crippen LogP contribution in [0.15, 0.2) is 68.3 Å². The summed E-state index contributed by atoms with van der Waals surface area (Å²) in [5.41, 5.74) is -0.714. The molecular weight excluding hydrogens is 464 g/mol. The maximum absolute atomic E-state index is 13.6. The van der Waals surface area contributed by atoms with Gasteiger partial charge in [0.15, 0.2) is 0 Å². The predicted molar refractivity (Wildman–Crippen MR) is 132 cm³/mol. The summed E-state index contributed by atoms with van der Waals surface area (Å²) in [6, 6.07) is 8.93. The number of hydrogen-bond donors (Lipinski definition) is 2. The molecule has 2 aliphatic carbocycles. The van der Waals surface area contributed by atoms with Gasteiger partial charge in [-0.2, -0.15) is 0 Å². The zero-order valence-electron chi connectivity index (χ0n) is 20.1. The predicted octanol–water partition coefficient (Wildman–Crippen LogP) is 2.65. The van der Waals surface area contributed by atoms with Crippen molar-refractivity contribution in [3.63, 3.8) is 0 Å². The quantitative estimate of drug-likeness (QED) is 0.245. The minimum atomic E-state index is -1.38. The first-order valence-electron chi connectivity index (χ1n) is 11.8. The minimum Gasteiger partial charge on any atom is -0.461 e. The zero-order valence-corrected chi connectivity index (χ0v) is 20.1. The summed E-state index contributed by atoms with van der Waals surface area (Å²) in [7, 11) is 0. The molecule has 0 radical (unpaired) electrons. The number of fused-ring (bicyclic) bond motifs is 1. The smallest absolute Gasteiger partial charge is 0.408 e. The average molecular weight is 497 g/mol. The van der Waals surface area contributed by atoms with Gasteiger partial charge in [0, 0.05) is 12.5 Å². The van der Waals surface area contributed by atoms with E-state index in [1.807, 2.05) is 6.07 Å². The first kappa shape index (κ1) is 26.7. The molecule has 9 heteroatoms. The van der Waals surface area contributed by atoms with Crippen LogP contribution in [0, 0.1) is 17.8 Å². The standard InChI is InChI=1S/C27H32N2O7/c1-4-14-34-23(30)20(18-10-8-7-9-11-18)17-28-25(32)27(29-26(33)36-16-6-3)13-12-19-21(22(19)27)24(31)35-15-5-2/h4-11,19-22H,1-3,12-17H2,(H,28,32)(H,29,33)/t19-,20?,21-,22-,27-/m0/s1. The van der Waals surface area contributed by atoms with Crippen LogP contribution in [0.5, 0.6) is 0 Å². The summed E-state index contributed by atoms with van der Waals surface area (Å²) < 4.78 is 15.5. The van der Waals surface area contributed by atoms with Gasteiger partial charge in [0.2, 0.25) is 5.91 Å². The highest BCUT2D eigenvalue weighted by atomic mass is 16.5. The maximum Gasteiger partial charge on any atom is 0.408 e. The number of ether oxygens (including phenoxy) is 3. The number of rotatable bonds is 13. The number of alkyl carbamates (subject to hydrolysis) is 1. The highest BCUT2D eigenvalue weighted by molar-refractivity contribution is 5.94. The Labute approximate surface area is 210 Å². The number of amides is 2. The SMILES string of the molecule is C=CCOC(=O)N[C@@]1(C(=O)NCC(C(=O)OCC=C)c2ccccc2)CC[C@H]2[C@H](C(=O)OCC=C)[C@H]21. The van der Waals surface area contributed by atoms with Crippen molar-refractivity contribution in [2.24, 2.45) is 17.8 Å². The Kier molecular flexibility index (Phi) is 9.05. The number of benzene rings is 1. The number of hydrogen-bond acceptors (Lipinski definition) is 7. The van der Waals surface area contributed by atoms with Gasteiger partial charge in [0.05, 0.1) is 11.8 Å². The molecule has 5 atom stereocenters. The van der Waals surface area contributed by atoms with Gasteiger partial charge in [-0.3, -0.25) is 14.4 Å². The fourth-order valence-corrected chi connectivity index (χ4v) is 4.96. The maximum atomic E-state index is 13.6. The van der Waals surface area contributed by atoms with E-state index in [4.69, 9.17) is 14.2 Å². The van der Waals surface area contributed by atoms with E-state index >= 15 is 0 Å². The molecule has 1 unspecified atom stereocenters. The Morgan fingerprint density at radius 1 is 0.972 bits per heavy atom. The third-order valence-electron chi connectivity index (χ3n) is 6.58. The summed E-state index contributed by atoms with van der Waals surface area (Å²) in [6.45, 7) is 10.6. The molecule has 1 aromatic carbocycles. The Hall–Kier alpha value is -3.88. The van der Waals surface area contributed by atoms with Gasteiger partial charge in [-0.15, -0.1) is 0 Å². The molecule has 9 nitrogen and oxygen atoms in total. The van der Waals surface area contributed by atoms with Crippen LogP contribution in [0.1, 0.15) is 24.3 Å². The molecule has 0 bridgehead atoms. The van der Waals surface area contributed by atoms with E-state index in [1.54, 1.807) is 24.3 Å². The Morgan fingerprint density at radius 2 is 1.61 bits per heavy atom. The highest BCUT2D eigenvalue weighted by Gasteiger charge is 2.72. The van der Waals surface area contributed by atoms with Gasteiger partial charge >= 0.3 is 18.0 Å². The summed E-state index contributed by atoms with van der Waals surface area (Å²) in [6.07, 6.45) is 4.42. The zero-order chi connectivity index (χ0) is 26.1. The second-order valence-electron chi connectivity index (χ2n) is 8.75. The Balaban J connectivity index is 1.80. The van der Waals surface area contributed by atoms with Gasteiger partial charge in [-0.05, 0) is 24.3 Å². The van der Waals surface area contributed by atoms with Gasteiger partial charge in [-0.1, -0.05) is 68.3 Å². The van der Waals surface area contributed by atoms with Crippen LogP contribution in [0.25, 0.3) is 0 Å². The van der Waals surface area contributed by atoms with Gasteiger partial charge in [0.25, 0.3) is 0 Å². The third kappa shape index (κ3) is 5.84. The van der Waals surface area contributed by atoms with Crippen molar-refractivity contribution >= 4 is 23.9 Å². The van der Waals surface area contributed by atoms with E-state index in [0.29, 0.717) is 18.4 Å². The van der Waals surface area contributed by atoms with Crippen molar-refractivity contribution in [1.82, 2.24) is 10.6 Å². The first-order chi connectivity index (χ1) is 17.4. The molecule has 2 amide bonds. The lowest BCUT2D eigenvalue weighted by Crippen LogP contribution is -2.60. The van der Waals surface area contributed by atoms with Crippen molar-refractivity contribution < 1.29 is 33.4 Å². The summed E-state index contributed by atoms with van der Waals surface area (Å²) >= 11 is 0. The Morgan fingerprint density at radius 3 is 2.28 bits per heavy atom. The second kappa shape index (κ2) is 12.2. The van der Waals surface area contributed by atoms with Crippen molar-refractivity contribution in [3.8, 4) is 0 Å². The van der Waals surface area contributed by atoms with Crippen molar-refractivity contribution in [1.29, 1.82) is 0 Å². The average Bonchev–Trinajstić information content (AvgIpc) is 3.51. The van der Waals surface area contributed by atoms with Gasteiger partial charge in [0.1, 0.15) is 25.4 Å². The molecule has 0 saturated heterocycles. The number of carbonyl (C=O) groups is 4. The van der Waals surface area contributed by atoms with E-state index in [1.165, 1.54) is 18.2 Å². The summed E-state index contributed by atoms with van der Waals surface area (Å²) in [5, 5.41) is 5.53. The molecule has 1 aromatic rings. The largest absolute Gasteiger partial charge is 0.461 e. The van der Waals surface area contributed by atoms with Gasteiger partial charge < -0.3 is 24.8 Å². The topological polar surface area (TPSA) is 120 Å². The number of esters is 2. The molecule has 0 aliphatic heterocycles. The van der Waals surface area contributed by atoms with Crippen LogP contribution in [0.3, 0.4) is 0 Å². The summed E-state index contributed by atoms with van der Waals surface area (Å²) in [4.78, 5) is 51.4. The van der Waals surface area contributed by atoms with E-state index in [0.717, 1.165) is 0 Å². The fraction of sp³-hybridized carbons (Fsp3) is 0.407. The van der Waals surface area contributed by atoms with E-state index in [9.17, 15) is 19.2 Å². The lowest BCUT2D eigenvalue weighted by Gasteiger charge is -2.32. The summed E-state index contributed by atoms with van der Waals surface area (Å²) in [5.74, 6) is -3.30.